The molecule has 0 amide bonds. The molecular formula is C15H23N3. The number of fused-ring (bicyclic) bond motifs is 1. The Kier molecular flexibility index (Phi) is 3.27. The van der Waals surface area contributed by atoms with E-state index in [1.165, 1.54) is 42.7 Å². The van der Waals surface area contributed by atoms with E-state index in [1.807, 2.05) is 0 Å². The van der Waals surface area contributed by atoms with E-state index < -0.39 is 0 Å². The topological polar surface area (TPSA) is 18.5 Å². The summed E-state index contributed by atoms with van der Waals surface area (Å²) in [7, 11) is 4.38. The summed E-state index contributed by atoms with van der Waals surface area (Å²) in [6, 6.07) is 7.67. The second-order valence-corrected chi connectivity index (χ2v) is 5.81. The van der Waals surface area contributed by atoms with Crippen molar-refractivity contribution in [1.29, 1.82) is 0 Å². The van der Waals surface area contributed by atoms with Gasteiger partial charge in [-0.3, -0.25) is 4.90 Å². The predicted molar refractivity (Wildman–Crippen MR) is 76.0 cm³/mol. The van der Waals surface area contributed by atoms with Gasteiger partial charge in [0.1, 0.15) is 0 Å². The third-order valence-corrected chi connectivity index (χ3v) is 4.27. The first-order chi connectivity index (χ1) is 8.72. The molecule has 1 saturated heterocycles. The van der Waals surface area contributed by atoms with Gasteiger partial charge in [-0.15, -0.1) is 0 Å². The lowest BCUT2D eigenvalue weighted by Crippen LogP contribution is -2.31. The van der Waals surface area contributed by atoms with E-state index in [4.69, 9.17) is 0 Å². The van der Waals surface area contributed by atoms with Crippen molar-refractivity contribution in [3.63, 3.8) is 0 Å². The fraction of sp³-hybridized carbons (Fsp3) is 0.600. The summed E-state index contributed by atoms with van der Waals surface area (Å²) in [4.78, 5) is 4.92. The van der Waals surface area contributed by atoms with Crippen LogP contribution in [0.1, 0.15) is 17.5 Å². The Balaban J connectivity index is 1.63. The molecule has 1 fully saturated rings. The highest BCUT2D eigenvalue weighted by Gasteiger charge is 2.23. The molecule has 2 heterocycles. The molecule has 3 nitrogen and oxygen atoms in total. The number of hydrogen-bond acceptors (Lipinski definition) is 3. The number of hydrogen-bond donors (Lipinski definition) is 1. The monoisotopic (exact) mass is 245 g/mol. The molecule has 0 radical (unpaired) electrons. The van der Waals surface area contributed by atoms with E-state index in [1.54, 1.807) is 0 Å². The molecule has 1 N–H and O–H groups in total. The van der Waals surface area contributed by atoms with Gasteiger partial charge in [0.05, 0.1) is 0 Å². The van der Waals surface area contributed by atoms with Crippen molar-refractivity contribution in [2.75, 3.05) is 39.0 Å². The van der Waals surface area contributed by atoms with Crippen LogP contribution in [0.2, 0.25) is 0 Å². The molecule has 1 aromatic rings. The lowest BCUT2D eigenvalue weighted by Gasteiger charge is -2.20. The highest BCUT2D eigenvalue weighted by atomic mass is 15.2. The van der Waals surface area contributed by atoms with Crippen LogP contribution < -0.4 is 5.32 Å². The summed E-state index contributed by atoms with van der Waals surface area (Å²) in [5.74, 6) is 0. The van der Waals surface area contributed by atoms with Gasteiger partial charge in [0, 0.05) is 37.9 Å². The Labute approximate surface area is 110 Å². The standard InChI is InChI=1S/C15H23N3/c1-17(2)14-6-8-18(11-14)10-12-3-4-13-5-7-16-15(13)9-12/h3-4,9,14,16H,5-8,10-11H2,1-2H3. The van der Waals surface area contributed by atoms with Crippen LogP contribution >= 0.6 is 0 Å². The van der Waals surface area contributed by atoms with Gasteiger partial charge in [-0.05, 0) is 44.1 Å². The number of nitrogens with zero attached hydrogens (tertiary/aromatic N) is 2. The normalized spacial score (nSPS) is 23.4. The molecule has 2 aliphatic heterocycles. The Morgan fingerprint density at radius 3 is 3.06 bits per heavy atom. The maximum atomic E-state index is 3.47. The van der Waals surface area contributed by atoms with Crippen molar-refractivity contribution in [2.24, 2.45) is 0 Å². The Hall–Kier alpha value is -1.06. The van der Waals surface area contributed by atoms with Gasteiger partial charge < -0.3 is 10.2 Å². The predicted octanol–water partition coefficient (Wildman–Crippen LogP) is 1.79. The molecule has 0 aliphatic carbocycles. The number of nitrogens with one attached hydrogen (secondary N) is 1. The molecule has 3 heteroatoms. The molecule has 0 aromatic heterocycles. The zero-order valence-corrected chi connectivity index (χ0v) is 11.4. The van der Waals surface area contributed by atoms with Gasteiger partial charge in [-0.25, -0.2) is 0 Å². The minimum absolute atomic E-state index is 0.734. The maximum Gasteiger partial charge on any atom is 0.0376 e. The van der Waals surface area contributed by atoms with Crippen molar-refractivity contribution in [2.45, 2.75) is 25.4 Å². The number of anilines is 1. The SMILES string of the molecule is CN(C)C1CCN(Cc2ccc3c(c2)NCC3)C1. The fourth-order valence-electron chi connectivity index (χ4n) is 3.07. The molecule has 2 aliphatic rings. The number of likely N-dealkylation sites (N-methyl/N-ethyl adjacent to an activating group) is 1. The lowest BCUT2D eigenvalue weighted by molar-refractivity contribution is 0.265. The second kappa shape index (κ2) is 4.90. The van der Waals surface area contributed by atoms with Crippen LogP contribution in [0.15, 0.2) is 18.2 Å². The third-order valence-electron chi connectivity index (χ3n) is 4.27. The average molecular weight is 245 g/mol. The van der Waals surface area contributed by atoms with Crippen LogP contribution in [0.5, 0.6) is 0 Å². The van der Waals surface area contributed by atoms with Crippen molar-refractivity contribution in [3.8, 4) is 0 Å². The van der Waals surface area contributed by atoms with Gasteiger partial charge >= 0.3 is 0 Å². The van der Waals surface area contributed by atoms with Gasteiger partial charge in [0.15, 0.2) is 0 Å². The molecule has 98 valence electrons. The van der Waals surface area contributed by atoms with Gasteiger partial charge in [-0.2, -0.15) is 0 Å². The van der Waals surface area contributed by atoms with Crippen molar-refractivity contribution < 1.29 is 0 Å². The van der Waals surface area contributed by atoms with E-state index in [-0.39, 0.29) is 0 Å². The second-order valence-electron chi connectivity index (χ2n) is 5.81. The quantitative estimate of drug-likeness (QED) is 0.876. The molecule has 1 unspecified atom stereocenters. The van der Waals surface area contributed by atoms with E-state index in [0.29, 0.717) is 0 Å². The number of rotatable bonds is 3. The van der Waals surface area contributed by atoms with Gasteiger partial charge in [0.25, 0.3) is 0 Å². The van der Waals surface area contributed by atoms with Crippen LogP contribution in [0.4, 0.5) is 5.69 Å². The largest absolute Gasteiger partial charge is 0.384 e. The molecule has 1 atom stereocenters. The third kappa shape index (κ3) is 2.38. The van der Waals surface area contributed by atoms with E-state index >= 15 is 0 Å². The summed E-state index contributed by atoms with van der Waals surface area (Å²) in [5.41, 5.74) is 4.28. The van der Waals surface area contributed by atoms with Crippen LogP contribution in [-0.2, 0) is 13.0 Å². The Bertz CT molecular complexity index is 428. The average Bonchev–Trinajstić information content (AvgIpc) is 2.96. The maximum absolute atomic E-state index is 3.47. The van der Waals surface area contributed by atoms with Crippen LogP contribution in [0.3, 0.4) is 0 Å². The summed E-state index contributed by atoms with van der Waals surface area (Å²) >= 11 is 0. The van der Waals surface area contributed by atoms with Crippen molar-refractivity contribution in [3.05, 3.63) is 29.3 Å². The van der Waals surface area contributed by atoms with Crippen molar-refractivity contribution in [1.82, 2.24) is 9.80 Å². The van der Waals surface area contributed by atoms with Crippen LogP contribution in [0, 0.1) is 0 Å². The first-order valence-corrected chi connectivity index (χ1v) is 6.97. The Morgan fingerprint density at radius 1 is 1.39 bits per heavy atom. The van der Waals surface area contributed by atoms with Gasteiger partial charge in [0.2, 0.25) is 0 Å². The van der Waals surface area contributed by atoms with E-state index in [2.05, 4.69) is 47.4 Å². The molecular weight excluding hydrogens is 222 g/mol. The summed E-state index contributed by atoms with van der Waals surface area (Å²) in [6.45, 7) is 4.63. The highest BCUT2D eigenvalue weighted by Crippen LogP contribution is 2.24. The minimum Gasteiger partial charge on any atom is -0.384 e. The van der Waals surface area contributed by atoms with E-state index in [0.717, 1.165) is 19.1 Å². The zero-order chi connectivity index (χ0) is 12.5. The van der Waals surface area contributed by atoms with Crippen LogP contribution in [-0.4, -0.2) is 49.6 Å². The highest BCUT2D eigenvalue weighted by molar-refractivity contribution is 5.57. The fourth-order valence-corrected chi connectivity index (χ4v) is 3.07. The van der Waals surface area contributed by atoms with Gasteiger partial charge in [-0.1, -0.05) is 12.1 Å². The lowest BCUT2D eigenvalue weighted by atomic mass is 10.1. The number of likely N-dealkylation sites (tertiary alicyclic amines) is 1. The molecule has 3 rings (SSSR count). The smallest absolute Gasteiger partial charge is 0.0376 e. The van der Waals surface area contributed by atoms with E-state index in [9.17, 15) is 0 Å². The number of benzene rings is 1. The summed E-state index contributed by atoms with van der Waals surface area (Å²) in [6.07, 6.45) is 2.48. The first-order valence-electron chi connectivity index (χ1n) is 6.97. The molecule has 18 heavy (non-hydrogen) atoms. The molecule has 1 aromatic carbocycles. The minimum atomic E-state index is 0.734. The summed E-state index contributed by atoms with van der Waals surface area (Å²) < 4.78 is 0. The zero-order valence-electron chi connectivity index (χ0n) is 11.4. The molecule has 0 bridgehead atoms. The summed E-state index contributed by atoms with van der Waals surface area (Å²) in [5, 5.41) is 3.47. The van der Waals surface area contributed by atoms with Crippen molar-refractivity contribution >= 4 is 5.69 Å². The molecule has 0 spiro atoms. The Morgan fingerprint density at radius 2 is 2.28 bits per heavy atom. The molecule has 0 saturated carbocycles. The first kappa shape index (κ1) is 12.0. The van der Waals surface area contributed by atoms with Crippen LogP contribution in [0.25, 0.3) is 0 Å².